The maximum atomic E-state index is 6.26. The van der Waals surface area contributed by atoms with Crippen molar-refractivity contribution in [3.05, 3.63) is 63.9 Å². The van der Waals surface area contributed by atoms with Gasteiger partial charge in [0.15, 0.2) is 0 Å². The van der Waals surface area contributed by atoms with Crippen molar-refractivity contribution in [2.45, 2.75) is 12.3 Å². The van der Waals surface area contributed by atoms with Gasteiger partial charge in [-0.05, 0) is 42.8 Å². The summed E-state index contributed by atoms with van der Waals surface area (Å²) in [6, 6.07) is 11.4. The molecule has 1 atom stereocenters. The Morgan fingerprint density at radius 1 is 1.17 bits per heavy atom. The van der Waals surface area contributed by atoms with Gasteiger partial charge in [0, 0.05) is 27.9 Å². The molecule has 0 saturated heterocycles. The molecule has 0 spiro atoms. The predicted octanol–water partition coefficient (Wildman–Crippen LogP) is 3.87. The van der Waals surface area contributed by atoms with Crippen LogP contribution in [-0.4, -0.2) is 11.5 Å². The molecular formula is C14H14Cl2N2. The van der Waals surface area contributed by atoms with Crippen LogP contribution in [0.2, 0.25) is 10.0 Å². The predicted molar refractivity (Wildman–Crippen MR) is 76.2 cm³/mol. The summed E-state index contributed by atoms with van der Waals surface area (Å²) in [4.78, 5) is 4.39. The molecule has 4 heteroatoms. The summed E-state index contributed by atoms with van der Waals surface area (Å²) in [5.74, 6) is 0.112. The van der Waals surface area contributed by atoms with Gasteiger partial charge in [0.2, 0.25) is 0 Å². The molecule has 0 aliphatic heterocycles. The fourth-order valence-corrected chi connectivity index (χ4v) is 2.54. The lowest BCUT2D eigenvalue weighted by Crippen LogP contribution is -2.10. The Hall–Kier alpha value is -1.09. The number of nitrogens with zero attached hydrogens (tertiary/aromatic N) is 1. The number of benzene rings is 1. The van der Waals surface area contributed by atoms with E-state index < -0.39 is 0 Å². The molecule has 0 radical (unpaired) electrons. The molecule has 0 amide bonds. The van der Waals surface area contributed by atoms with Crippen molar-refractivity contribution >= 4 is 23.2 Å². The first kappa shape index (κ1) is 13.3. The molecule has 2 aromatic rings. The molecule has 2 nitrogen and oxygen atoms in total. The van der Waals surface area contributed by atoms with E-state index in [1.165, 1.54) is 0 Å². The highest BCUT2D eigenvalue weighted by molar-refractivity contribution is 6.35. The Morgan fingerprint density at radius 3 is 2.61 bits per heavy atom. The van der Waals surface area contributed by atoms with Crippen molar-refractivity contribution in [3.63, 3.8) is 0 Å². The molecule has 0 aliphatic rings. The summed E-state index contributed by atoms with van der Waals surface area (Å²) >= 11 is 12.2. The van der Waals surface area contributed by atoms with E-state index in [-0.39, 0.29) is 5.92 Å². The van der Waals surface area contributed by atoms with E-state index in [1.54, 1.807) is 12.3 Å². The van der Waals surface area contributed by atoms with Crippen molar-refractivity contribution in [1.82, 2.24) is 4.98 Å². The van der Waals surface area contributed by atoms with Gasteiger partial charge < -0.3 is 5.73 Å². The highest BCUT2D eigenvalue weighted by Crippen LogP contribution is 2.33. The lowest BCUT2D eigenvalue weighted by Gasteiger charge is -2.17. The Balaban J connectivity index is 2.41. The summed E-state index contributed by atoms with van der Waals surface area (Å²) in [6.07, 6.45) is 2.58. The quantitative estimate of drug-likeness (QED) is 0.924. The number of nitrogens with two attached hydrogens (primary N) is 1. The van der Waals surface area contributed by atoms with Crippen LogP contribution in [0.3, 0.4) is 0 Å². The smallest absolute Gasteiger partial charge is 0.0479 e. The van der Waals surface area contributed by atoms with Gasteiger partial charge in [-0.15, -0.1) is 0 Å². The molecule has 94 valence electrons. The molecule has 0 fully saturated rings. The maximum absolute atomic E-state index is 6.26. The van der Waals surface area contributed by atoms with Crippen molar-refractivity contribution < 1.29 is 0 Å². The highest BCUT2D eigenvalue weighted by Gasteiger charge is 2.17. The number of aromatic nitrogens is 1. The first-order chi connectivity index (χ1) is 8.72. The normalized spacial score (nSPS) is 12.4. The monoisotopic (exact) mass is 280 g/mol. The molecule has 1 aromatic carbocycles. The van der Waals surface area contributed by atoms with Crippen molar-refractivity contribution in [3.8, 4) is 0 Å². The van der Waals surface area contributed by atoms with E-state index in [9.17, 15) is 0 Å². The minimum Gasteiger partial charge on any atom is -0.330 e. The van der Waals surface area contributed by atoms with E-state index in [2.05, 4.69) is 4.98 Å². The second kappa shape index (κ2) is 6.19. The number of pyridine rings is 1. The van der Waals surface area contributed by atoms with E-state index in [4.69, 9.17) is 28.9 Å². The lowest BCUT2D eigenvalue weighted by atomic mass is 9.92. The Kier molecular flexibility index (Phi) is 4.59. The zero-order valence-electron chi connectivity index (χ0n) is 9.81. The average Bonchev–Trinajstić information content (AvgIpc) is 2.38. The molecule has 2 rings (SSSR count). The Morgan fingerprint density at radius 2 is 2.00 bits per heavy atom. The number of hydrogen-bond acceptors (Lipinski definition) is 2. The van der Waals surface area contributed by atoms with Crippen LogP contribution in [-0.2, 0) is 0 Å². The van der Waals surface area contributed by atoms with Crippen molar-refractivity contribution in [1.29, 1.82) is 0 Å². The fraction of sp³-hybridized carbons (Fsp3) is 0.214. The number of hydrogen-bond donors (Lipinski definition) is 1. The van der Waals surface area contributed by atoms with Crippen LogP contribution in [0.15, 0.2) is 42.6 Å². The molecule has 1 heterocycles. The second-order valence-corrected chi connectivity index (χ2v) is 4.89. The van der Waals surface area contributed by atoms with Crippen molar-refractivity contribution in [2.24, 2.45) is 5.73 Å². The fourth-order valence-electron chi connectivity index (χ4n) is 2.00. The second-order valence-electron chi connectivity index (χ2n) is 4.05. The number of halogens is 2. The highest BCUT2D eigenvalue weighted by atomic mass is 35.5. The third-order valence-electron chi connectivity index (χ3n) is 2.84. The van der Waals surface area contributed by atoms with Gasteiger partial charge >= 0.3 is 0 Å². The molecule has 2 N–H and O–H groups in total. The average molecular weight is 281 g/mol. The molecule has 0 saturated carbocycles. The van der Waals surface area contributed by atoms with Crippen LogP contribution >= 0.6 is 23.2 Å². The largest absolute Gasteiger partial charge is 0.330 e. The molecule has 0 bridgehead atoms. The topological polar surface area (TPSA) is 38.9 Å². The van der Waals surface area contributed by atoms with Gasteiger partial charge in [0.1, 0.15) is 0 Å². The molecular weight excluding hydrogens is 267 g/mol. The van der Waals surface area contributed by atoms with E-state index in [0.717, 1.165) is 17.7 Å². The van der Waals surface area contributed by atoms with Crippen molar-refractivity contribution in [2.75, 3.05) is 6.54 Å². The SMILES string of the molecule is NCCC(c1ccccn1)c1ccc(Cl)cc1Cl. The van der Waals surface area contributed by atoms with Crippen LogP contribution in [0.1, 0.15) is 23.6 Å². The van der Waals surface area contributed by atoms with E-state index in [1.807, 2.05) is 30.3 Å². The summed E-state index contributed by atoms with van der Waals surface area (Å²) in [6.45, 7) is 0.584. The summed E-state index contributed by atoms with van der Waals surface area (Å²) in [5, 5.41) is 1.29. The molecule has 0 aliphatic carbocycles. The Labute approximate surface area is 117 Å². The van der Waals surface area contributed by atoms with Gasteiger partial charge in [0.25, 0.3) is 0 Å². The first-order valence-electron chi connectivity index (χ1n) is 5.78. The maximum Gasteiger partial charge on any atom is 0.0479 e. The van der Waals surface area contributed by atoms with Crippen LogP contribution in [0.4, 0.5) is 0 Å². The summed E-state index contributed by atoms with van der Waals surface area (Å²) in [5.41, 5.74) is 7.68. The molecule has 1 aromatic heterocycles. The van der Waals surface area contributed by atoms with Crippen LogP contribution in [0.5, 0.6) is 0 Å². The molecule has 18 heavy (non-hydrogen) atoms. The Bertz CT molecular complexity index is 514. The van der Waals surface area contributed by atoms with Gasteiger partial charge in [-0.3, -0.25) is 4.98 Å². The summed E-state index contributed by atoms with van der Waals surface area (Å²) < 4.78 is 0. The lowest BCUT2D eigenvalue weighted by molar-refractivity contribution is 0.706. The zero-order valence-corrected chi connectivity index (χ0v) is 11.3. The van der Waals surface area contributed by atoms with E-state index in [0.29, 0.717) is 16.6 Å². The minimum atomic E-state index is 0.112. The van der Waals surface area contributed by atoms with Crippen LogP contribution in [0.25, 0.3) is 0 Å². The third-order valence-corrected chi connectivity index (χ3v) is 3.40. The van der Waals surface area contributed by atoms with Gasteiger partial charge in [-0.1, -0.05) is 35.3 Å². The molecule has 1 unspecified atom stereocenters. The van der Waals surface area contributed by atoms with E-state index >= 15 is 0 Å². The van der Waals surface area contributed by atoms with Gasteiger partial charge in [0.05, 0.1) is 0 Å². The van der Waals surface area contributed by atoms with Gasteiger partial charge in [-0.2, -0.15) is 0 Å². The van der Waals surface area contributed by atoms with Gasteiger partial charge in [-0.25, -0.2) is 0 Å². The first-order valence-corrected chi connectivity index (χ1v) is 6.54. The third kappa shape index (κ3) is 3.02. The number of rotatable bonds is 4. The standard InChI is InChI=1S/C14H14Cl2N2/c15-10-4-5-11(13(16)9-10)12(6-7-17)14-3-1-2-8-18-14/h1-5,8-9,12H,6-7,17H2. The minimum absolute atomic E-state index is 0.112. The van der Waals surface area contributed by atoms with Crippen LogP contribution < -0.4 is 5.73 Å². The van der Waals surface area contributed by atoms with Crippen LogP contribution in [0, 0.1) is 0 Å². The summed E-state index contributed by atoms with van der Waals surface area (Å²) in [7, 11) is 0. The zero-order chi connectivity index (χ0) is 13.0.